The average Bonchev–Trinajstić information content (AvgIpc) is 3.06. The zero-order chi connectivity index (χ0) is 13.2. The van der Waals surface area contributed by atoms with Gasteiger partial charge in [0.05, 0.1) is 6.54 Å². The minimum Gasteiger partial charge on any atom is -0.430 e. The van der Waals surface area contributed by atoms with Gasteiger partial charge in [-0.1, -0.05) is 16.4 Å². The standard InChI is InChI=1S/C12H11F2N3OS/c13-7-3-8(14)5-10(4-7)18-12-17-16-11(19-12)6-15-9-1-2-9/h3-5,9,15H,1-2,6H2. The van der Waals surface area contributed by atoms with Crippen LogP contribution in [0.4, 0.5) is 8.78 Å². The van der Waals surface area contributed by atoms with E-state index in [9.17, 15) is 8.78 Å². The van der Waals surface area contributed by atoms with Crippen LogP contribution in [0.15, 0.2) is 18.2 Å². The Kier molecular flexibility index (Phi) is 3.39. The van der Waals surface area contributed by atoms with Gasteiger partial charge in [0.1, 0.15) is 22.4 Å². The van der Waals surface area contributed by atoms with Crippen molar-refractivity contribution in [3.8, 4) is 10.9 Å². The van der Waals surface area contributed by atoms with Crippen molar-refractivity contribution in [1.29, 1.82) is 0 Å². The molecule has 1 fully saturated rings. The lowest BCUT2D eigenvalue weighted by atomic mass is 10.3. The van der Waals surface area contributed by atoms with Crippen LogP contribution in [0.5, 0.6) is 10.9 Å². The summed E-state index contributed by atoms with van der Waals surface area (Å²) >= 11 is 1.26. The molecule has 4 nitrogen and oxygen atoms in total. The van der Waals surface area contributed by atoms with Crippen molar-refractivity contribution >= 4 is 11.3 Å². The molecule has 1 heterocycles. The molecule has 1 aromatic heterocycles. The fourth-order valence-corrected chi connectivity index (χ4v) is 2.22. The van der Waals surface area contributed by atoms with Gasteiger partial charge in [0, 0.05) is 24.2 Å². The number of nitrogens with zero attached hydrogens (tertiary/aromatic N) is 2. The maximum atomic E-state index is 13.0. The molecule has 7 heteroatoms. The fourth-order valence-electron chi connectivity index (χ4n) is 1.56. The molecule has 19 heavy (non-hydrogen) atoms. The number of hydrogen-bond acceptors (Lipinski definition) is 5. The SMILES string of the molecule is Fc1cc(F)cc(Oc2nnc(CNC3CC3)s2)c1. The van der Waals surface area contributed by atoms with E-state index in [2.05, 4.69) is 15.5 Å². The smallest absolute Gasteiger partial charge is 0.299 e. The molecule has 1 aliphatic rings. The number of hydrogen-bond donors (Lipinski definition) is 1. The first-order valence-electron chi connectivity index (χ1n) is 5.89. The second kappa shape index (κ2) is 5.18. The predicted molar refractivity (Wildman–Crippen MR) is 66.2 cm³/mol. The summed E-state index contributed by atoms with van der Waals surface area (Å²) in [5.74, 6) is -1.29. The van der Waals surface area contributed by atoms with Crippen LogP contribution in [0, 0.1) is 11.6 Å². The molecule has 0 aliphatic heterocycles. The summed E-state index contributed by atoms with van der Waals surface area (Å²) in [6.45, 7) is 0.642. The Balaban J connectivity index is 1.65. The van der Waals surface area contributed by atoms with Crippen LogP contribution in [0.2, 0.25) is 0 Å². The van der Waals surface area contributed by atoms with E-state index < -0.39 is 11.6 Å². The van der Waals surface area contributed by atoms with Gasteiger partial charge in [-0.05, 0) is 12.8 Å². The Labute approximate surface area is 112 Å². The molecular weight excluding hydrogens is 272 g/mol. The molecule has 1 N–H and O–H groups in total. The van der Waals surface area contributed by atoms with Crippen LogP contribution in [0.25, 0.3) is 0 Å². The van der Waals surface area contributed by atoms with Gasteiger partial charge in [-0.15, -0.1) is 5.10 Å². The van der Waals surface area contributed by atoms with E-state index in [0.717, 1.165) is 23.2 Å². The zero-order valence-electron chi connectivity index (χ0n) is 9.90. The summed E-state index contributed by atoms with van der Waals surface area (Å²) in [6.07, 6.45) is 2.40. The molecule has 0 spiro atoms. The lowest BCUT2D eigenvalue weighted by Crippen LogP contribution is -2.14. The summed E-state index contributed by atoms with van der Waals surface area (Å²) in [7, 11) is 0. The first-order valence-corrected chi connectivity index (χ1v) is 6.70. The van der Waals surface area contributed by atoms with Gasteiger partial charge in [0.15, 0.2) is 0 Å². The molecule has 0 amide bonds. The first kappa shape index (κ1) is 12.4. The van der Waals surface area contributed by atoms with E-state index in [1.807, 2.05) is 0 Å². The van der Waals surface area contributed by atoms with Gasteiger partial charge in [0.2, 0.25) is 0 Å². The predicted octanol–water partition coefficient (Wildman–Crippen LogP) is 2.86. The summed E-state index contributed by atoms with van der Waals surface area (Å²) < 4.78 is 31.3. The Morgan fingerprint density at radius 3 is 2.63 bits per heavy atom. The van der Waals surface area contributed by atoms with Crippen molar-refractivity contribution in [3.63, 3.8) is 0 Å². The fraction of sp³-hybridized carbons (Fsp3) is 0.333. The minimum absolute atomic E-state index is 0.0790. The highest BCUT2D eigenvalue weighted by atomic mass is 32.1. The van der Waals surface area contributed by atoms with Crippen LogP contribution < -0.4 is 10.1 Å². The molecule has 1 saturated carbocycles. The minimum atomic E-state index is -0.685. The molecule has 0 unspecified atom stereocenters. The van der Waals surface area contributed by atoms with E-state index in [1.54, 1.807) is 0 Å². The molecule has 2 aromatic rings. The monoisotopic (exact) mass is 283 g/mol. The highest BCUT2D eigenvalue weighted by molar-refractivity contribution is 7.13. The maximum Gasteiger partial charge on any atom is 0.299 e. The molecule has 100 valence electrons. The van der Waals surface area contributed by atoms with Crippen molar-refractivity contribution in [2.24, 2.45) is 0 Å². The van der Waals surface area contributed by atoms with Gasteiger partial charge in [0.25, 0.3) is 5.19 Å². The molecule has 3 rings (SSSR count). The summed E-state index contributed by atoms with van der Waals surface area (Å²) in [6, 6.07) is 3.59. The maximum absolute atomic E-state index is 13.0. The summed E-state index contributed by atoms with van der Waals surface area (Å²) in [5.41, 5.74) is 0. The van der Waals surface area contributed by atoms with Gasteiger partial charge in [-0.3, -0.25) is 0 Å². The van der Waals surface area contributed by atoms with Crippen molar-refractivity contribution in [3.05, 3.63) is 34.8 Å². The lowest BCUT2D eigenvalue weighted by Gasteiger charge is -2.01. The van der Waals surface area contributed by atoms with Crippen molar-refractivity contribution in [2.45, 2.75) is 25.4 Å². The van der Waals surface area contributed by atoms with E-state index >= 15 is 0 Å². The van der Waals surface area contributed by atoms with Gasteiger partial charge in [-0.2, -0.15) is 0 Å². The Morgan fingerprint density at radius 2 is 1.95 bits per heavy atom. The third kappa shape index (κ3) is 3.45. The van der Waals surface area contributed by atoms with E-state index in [4.69, 9.17) is 4.74 Å². The van der Waals surface area contributed by atoms with E-state index in [0.29, 0.717) is 12.6 Å². The van der Waals surface area contributed by atoms with E-state index in [1.165, 1.54) is 24.2 Å². The molecule has 0 atom stereocenters. The Bertz CT molecular complexity index is 566. The second-order valence-corrected chi connectivity index (χ2v) is 5.35. The van der Waals surface area contributed by atoms with Crippen molar-refractivity contribution < 1.29 is 13.5 Å². The summed E-state index contributed by atoms with van der Waals surface area (Å²) in [4.78, 5) is 0. The third-order valence-electron chi connectivity index (χ3n) is 2.61. The normalized spacial score (nSPS) is 14.6. The zero-order valence-corrected chi connectivity index (χ0v) is 10.7. The average molecular weight is 283 g/mol. The Hall–Kier alpha value is -1.60. The highest BCUT2D eigenvalue weighted by Crippen LogP contribution is 2.27. The quantitative estimate of drug-likeness (QED) is 0.916. The lowest BCUT2D eigenvalue weighted by molar-refractivity contribution is 0.460. The van der Waals surface area contributed by atoms with Crippen molar-refractivity contribution in [1.82, 2.24) is 15.5 Å². The van der Waals surface area contributed by atoms with Crippen LogP contribution in [-0.2, 0) is 6.54 Å². The largest absolute Gasteiger partial charge is 0.430 e. The Morgan fingerprint density at radius 1 is 1.21 bits per heavy atom. The van der Waals surface area contributed by atoms with Crippen molar-refractivity contribution in [2.75, 3.05) is 0 Å². The van der Waals surface area contributed by atoms with Gasteiger partial charge < -0.3 is 10.1 Å². The van der Waals surface area contributed by atoms with Crippen LogP contribution in [-0.4, -0.2) is 16.2 Å². The summed E-state index contributed by atoms with van der Waals surface area (Å²) in [5, 5.41) is 12.1. The van der Waals surface area contributed by atoms with E-state index in [-0.39, 0.29) is 10.9 Å². The second-order valence-electron chi connectivity index (χ2n) is 4.32. The topological polar surface area (TPSA) is 47.0 Å². The molecule has 0 saturated heterocycles. The number of nitrogens with one attached hydrogen (secondary N) is 1. The first-order chi connectivity index (χ1) is 9.19. The van der Waals surface area contributed by atoms with Crippen LogP contribution in [0.1, 0.15) is 17.8 Å². The molecule has 0 radical (unpaired) electrons. The number of rotatable bonds is 5. The van der Waals surface area contributed by atoms with Gasteiger partial charge in [-0.25, -0.2) is 8.78 Å². The number of aromatic nitrogens is 2. The van der Waals surface area contributed by atoms with Gasteiger partial charge >= 0.3 is 0 Å². The number of ether oxygens (including phenoxy) is 1. The number of halogens is 2. The molecule has 1 aliphatic carbocycles. The van der Waals surface area contributed by atoms with Crippen LogP contribution in [0.3, 0.4) is 0 Å². The number of benzene rings is 1. The molecule has 1 aromatic carbocycles. The van der Waals surface area contributed by atoms with Crippen LogP contribution >= 0.6 is 11.3 Å². The molecular formula is C12H11F2N3OS. The molecule has 0 bridgehead atoms. The highest BCUT2D eigenvalue weighted by Gasteiger charge is 2.20. The third-order valence-corrected chi connectivity index (χ3v) is 3.41.